The summed E-state index contributed by atoms with van der Waals surface area (Å²) in [6.45, 7) is 0. The summed E-state index contributed by atoms with van der Waals surface area (Å²) in [6.07, 6.45) is 1.15. The van der Waals surface area contributed by atoms with Crippen molar-refractivity contribution < 1.29 is 13.9 Å². The number of halogens is 1. The molecule has 1 aromatic carbocycles. The smallest absolute Gasteiger partial charge is 0.222 e. The van der Waals surface area contributed by atoms with Gasteiger partial charge in [0.25, 0.3) is 0 Å². The van der Waals surface area contributed by atoms with Gasteiger partial charge in [-0.05, 0) is 24.3 Å². The van der Waals surface area contributed by atoms with Crippen LogP contribution in [0.25, 0.3) is 0 Å². The van der Waals surface area contributed by atoms with Crippen molar-refractivity contribution in [1.29, 1.82) is 0 Å². The molecule has 0 amide bonds. The number of allylic oxidation sites excluding steroid dienone is 1. The minimum Gasteiger partial charge on any atom is -0.497 e. The van der Waals surface area contributed by atoms with Crippen LogP contribution in [0.1, 0.15) is 10.4 Å². The van der Waals surface area contributed by atoms with Gasteiger partial charge in [-0.1, -0.05) is 0 Å². The van der Waals surface area contributed by atoms with Crippen LogP contribution in [0.2, 0.25) is 0 Å². The number of carbonyl (C=O) groups is 1. The van der Waals surface area contributed by atoms with Crippen molar-refractivity contribution in [2.75, 3.05) is 21.2 Å². The van der Waals surface area contributed by atoms with Gasteiger partial charge in [-0.2, -0.15) is 0 Å². The molecule has 0 aliphatic carbocycles. The molecule has 1 aromatic rings. The van der Waals surface area contributed by atoms with E-state index in [0.29, 0.717) is 11.3 Å². The van der Waals surface area contributed by atoms with Gasteiger partial charge in [0.05, 0.1) is 7.11 Å². The zero-order chi connectivity index (χ0) is 12.1. The number of Topliss-reactive ketones (excluding diaryl/α,β-unsaturated/α-hetero) is 1. The van der Waals surface area contributed by atoms with E-state index >= 15 is 0 Å². The van der Waals surface area contributed by atoms with Crippen LogP contribution in [-0.2, 0) is 0 Å². The van der Waals surface area contributed by atoms with Crippen molar-refractivity contribution in [2.24, 2.45) is 0 Å². The largest absolute Gasteiger partial charge is 0.497 e. The van der Waals surface area contributed by atoms with Crippen molar-refractivity contribution >= 4 is 5.78 Å². The van der Waals surface area contributed by atoms with Crippen LogP contribution in [0.3, 0.4) is 0 Å². The number of rotatable bonds is 4. The summed E-state index contributed by atoms with van der Waals surface area (Å²) in [5.41, 5.74) is 0.302. The molecule has 16 heavy (non-hydrogen) atoms. The fourth-order valence-corrected chi connectivity index (χ4v) is 1.17. The molecule has 86 valence electrons. The molecule has 4 heteroatoms. The quantitative estimate of drug-likeness (QED) is 0.579. The number of ether oxygens (including phenoxy) is 1. The van der Waals surface area contributed by atoms with E-state index in [4.69, 9.17) is 4.74 Å². The predicted octanol–water partition coefficient (Wildman–Crippen LogP) is 2.25. The molecule has 0 aliphatic rings. The average molecular weight is 223 g/mol. The molecule has 0 fully saturated rings. The predicted molar refractivity (Wildman–Crippen MR) is 60.2 cm³/mol. The summed E-state index contributed by atoms with van der Waals surface area (Å²) < 4.78 is 18.3. The summed E-state index contributed by atoms with van der Waals surface area (Å²) >= 11 is 0. The molecule has 0 saturated heterocycles. The molecule has 0 radical (unpaired) electrons. The molecule has 0 bridgehead atoms. The Labute approximate surface area is 94.1 Å². The third kappa shape index (κ3) is 3.08. The van der Waals surface area contributed by atoms with Gasteiger partial charge in [0, 0.05) is 25.9 Å². The van der Waals surface area contributed by atoms with Crippen LogP contribution in [-0.4, -0.2) is 31.9 Å². The highest BCUT2D eigenvalue weighted by atomic mass is 19.1. The lowest BCUT2D eigenvalue weighted by Crippen LogP contribution is -2.07. The lowest BCUT2D eigenvalue weighted by Gasteiger charge is -2.05. The molecule has 0 heterocycles. The molecule has 0 aliphatic heterocycles. The first kappa shape index (κ1) is 12.2. The fraction of sp³-hybridized carbons (Fsp3) is 0.250. The zero-order valence-corrected chi connectivity index (χ0v) is 9.53. The lowest BCUT2D eigenvalue weighted by molar-refractivity contribution is 0.100. The van der Waals surface area contributed by atoms with Crippen molar-refractivity contribution in [3.63, 3.8) is 0 Å². The summed E-state index contributed by atoms with van der Waals surface area (Å²) in [6, 6.07) is 6.31. The van der Waals surface area contributed by atoms with Gasteiger partial charge in [-0.15, -0.1) is 0 Å². The van der Waals surface area contributed by atoms with Gasteiger partial charge in [0.15, 0.2) is 5.83 Å². The number of hydrogen-bond donors (Lipinski definition) is 0. The Balaban J connectivity index is 2.88. The third-order valence-corrected chi connectivity index (χ3v) is 1.94. The van der Waals surface area contributed by atoms with E-state index in [0.717, 1.165) is 6.20 Å². The number of nitrogens with zero attached hydrogens (tertiary/aromatic N) is 1. The van der Waals surface area contributed by atoms with Gasteiger partial charge in [0.1, 0.15) is 5.75 Å². The molecule has 3 nitrogen and oxygen atoms in total. The Morgan fingerprint density at radius 1 is 1.31 bits per heavy atom. The molecule has 0 N–H and O–H groups in total. The number of hydrogen-bond acceptors (Lipinski definition) is 3. The van der Waals surface area contributed by atoms with Crippen LogP contribution in [0.5, 0.6) is 5.75 Å². The first-order valence-corrected chi connectivity index (χ1v) is 4.77. The van der Waals surface area contributed by atoms with Crippen LogP contribution < -0.4 is 4.74 Å². The molecule has 0 unspecified atom stereocenters. The third-order valence-electron chi connectivity index (χ3n) is 1.94. The normalized spacial score (nSPS) is 11.1. The fourth-order valence-electron chi connectivity index (χ4n) is 1.17. The van der Waals surface area contributed by atoms with Gasteiger partial charge in [0.2, 0.25) is 5.78 Å². The maximum Gasteiger partial charge on any atom is 0.222 e. The first-order chi connectivity index (χ1) is 7.54. The van der Waals surface area contributed by atoms with Gasteiger partial charge in [-0.25, -0.2) is 4.39 Å². The van der Waals surface area contributed by atoms with Crippen molar-refractivity contribution in [3.8, 4) is 5.75 Å². The van der Waals surface area contributed by atoms with E-state index in [-0.39, 0.29) is 0 Å². The number of ketones is 1. The van der Waals surface area contributed by atoms with Crippen LogP contribution in [0.4, 0.5) is 4.39 Å². The number of benzene rings is 1. The maximum absolute atomic E-state index is 13.4. The standard InChI is InChI=1S/C12H14FNO2/c1-14(2)8-11(13)12(15)9-4-6-10(16-3)7-5-9/h4-8H,1-3H3/b11-8-. The molecular weight excluding hydrogens is 209 g/mol. The number of methoxy groups -OCH3 is 1. The Kier molecular flexibility index (Phi) is 4.05. The SMILES string of the molecule is COc1ccc(C(=O)/C(F)=C/N(C)C)cc1. The van der Waals surface area contributed by atoms with E-state index in [1.165, 1.54) is 24.1 Å². The monoisotopic (exact) mass is 223 g/mol. The van der Waals surface area contributed by atoms with Crippen molar-refractivity contribution in [2.45, 2.75) is 0 Å². The van der Waals surface area contributed by atoms with Gasteiger partial charge < -0.3 is 9.64 Å². The minimum atomic E-state index is -0.782. The van der Waals surface area contributed by atoms with Crippen molar-refractivity contribution in [1.82, 2.24) is 4.90 Å². The summed E-state index contributed by atoms with van der Waals surface area (Å²) in [4.78, 5) is 13.1. The Hall–Kier alpha value is -1.84. The second kappa shape index (κ2) is 5.30. The van der Waals surface area contributed by atoms with Crippen LogP contribution in [0.15, 0.2) is 36.3 Å². The molecule has 0 atom stereocenters. The second-order valence-electron chi connectivity index (χ2n) is 3.50. The maximum atomic E-state index is 13.4. The second-order valence-corrected chi connectivity index (χ2v) is 3.50. The highest BCUT2D eigenvalue weighted by Gasteiger charge is 2.11. The van der Waals surface area contributed by atoms with Crippen molar-refractivity contribution in [3.05, 3.63) is 41.9 Å². The van der Waals surface area contributed by atoms with Gasteiger partial charge in [-0.3, -0.25) is 4.79 Å². The highest BCUT2D eigenvalue weighted by molar-refractivity contribution is 6.07. The van der Waals surface area contributed by atoms with Gasteiger partial charge >= 0.3 is 0 Å². The van der Waals surface area contributed by atoms with E-state index in [2.05, 4.69) is 0 Å². The zero-order valence-electron chi connectivity index (χ0n) is 9.53. The Morgan fingerprint density at radius 2 is 1.88 bits per heavy atom. The molecule has 0 aromatic heterocycles. The Bertz CT molecular complexity index is 396. The Morgan fingerprint density at radius 3 is 2.31 bits per heavy atom. The summed E-state index contributed by atoms with van der Waals surface area (Å²) in [5, 5.41) is 0. The number of carbonyl (C=O) groups excluding carboxylic acids is 1. The topological polar surface area (TPSA) is 29.5 Å². The molecular formula is C12H14FNO2. The van der Waals surface area contributed by atoms with E-state index in [9.17, 15) is 9.18 Å². The summed E-state index contributed by atoms with van der Waals surface area (Å²) in [7, 11) is 4.84. The van der Waals surface area contributed by atoms with Crippen LogP contribution >= 0.6 is 0 Å². The highest BCUT2D eigenvalue weighted by Crippen LogP contribution is 2.15. The van der Waals surface area contributed by atoms with Crippen LogP contribution in [0, 0.1) is 0 Å². The average Bonchev–Trinajstić information content (AvgIpc) is 2.27. The molecule has 1 rings (SSSR count). The van der Waals surface area contributed by atoms with E-state index in [1.807, 2.05) is 0 Å². The van der Waals surface area contributed by atoms with E-state index < -0.39 is 11.6 Å². The first-order valence-electron chi connectivity index (χ1n) is 4.77. The summed E-state index contributed by atoms with van der Waals surface area (Å²) in [5.74, 6) is -0.778. The lowest BCUT2D eigenvalue weighted by atomic mass is 10.1. The molecule has 0 spiro atoms. The van der Waals surface area contributed by atoms with E-state index in [1.54, 1.807) is 26.2 Å². The minimum absolute atomic E-state index is 0.302. The molecule has 0 saturated carbocycles.